The molecule has 0 spiro atoms. The molecule has 2 aromatic carbocycles. The summed E-state index contributed by atoms with van der Waals surface area (Å²) in [7, 11) is 3.27. The number of piperidine rings is 1. The van der Waals surface area contributed by atoms with Crippen molar-refractivity contribution in [3.8, 4) is 11.5 Å². The van der Waals surface area contributed by atoms with Crippen LogP contribution < -0.4 is 9.47 Å². The third-order valence-corrected chi connectivity index (χ3v) is 5.13. The summed E-state index contributed by atoms with van der Waals surface area (Å²) in [6.45, 7) is 2.81. The van der Waals surface area contributed by atoms with Gasteiger partial charge in [-0.3, -0.25) is 0 Å². The molecule has 0 aromatic heterocycles. The van der Waals surface area contributed by atoms with Crippen LogP contribution in [0.5, 0.6) is 11.5 Å². The van der Waals surface area contributed by atoms with Crippen LogP contribution in [0.2, 0.25) is 0 Å². The maximum absolute atomic E-state index is 11.1. The van der Waals surface area contributed by atoms with Gasteiger partial charge in [-0.15, -0.1) is 0 Å². The van der Waals surface area contributed by atoms with Crippen LogP contribution in [0.4, 0.5) is 0 Å². The monoisotopic (exact) mass is 341 g/mol. The lowest BCUT2D eigenvalue weighted by atomic mass is 9.84. The predicted octanol–water partition coefficient (Wildman–Crippen LogP) is 3.23. The Balaban J connectivity index is 1.62. The van der Waals surface area contributed by atoms with Crippen molar-refractivity contribution in [2.45, 2.75) is 24.9 Å². The summed E-state index contributed by atoms with van der Waals surface area (Å²) in [5.41, 5.74) is 1.43. The van der Waals surface area contributed by atoms with E-state index in [4.69, 9.17) is 9.47 Å². The second kappa shape index (κ2) is 7.89. The fourth-order valence-electron chi connectivity index (χ4n) is 3.44. The molecule has 4 heteroatoms. The van der Waals surface area contributed by atoms with Crippen molar-refractivity contribution in [1.82, 2.24) is 4.90 Å². The van der Waals surface area contributed by atoms with E-state index in [-0.39, 0.29) is 0 Å². The molecule has 0 unspecified atom stereocenters. The lowest BCUT2D eigenvalue weighted by molar-refractivity contribution is -0.0258. The van der Waals surface area contributed by atoms with Crippen LogP contribution >= 0.6 is 0 Å². The third-order valence-electron chi connectivity index (χ3n) is 5.13. The number of benzene rings is 2. The zero-order valence-corrected chi connectivity index (χ0v) is 15.1. The number of methoxy groups -OCH3 is 2. The maximum atomic E-state index is 11.1. The smallest absolute Gasteiger partial charge is 0.122 e. The molecule has 0 amide bonds. The van der Waals surface area contributed by atoms with Crippen LogP contribution in [-0.2, 0) is 12.0 Å². The Labute approximate surface area is 150 Å². The van der Waals surface area contributed by atoms with E-state index in [1.54, 1.807) is 14.2 Å². The van der Waals surface area contributed by atoms with Crippen LogP contribution in [0.15, 0.2) is 48.5 Å². The largest absolute Gasteiger partial charge is 0.497 e. The van der Waals surface area contributed by atoms with Crippen LogP contribution in [0, 0.1) is 0 Å². The molecule has 0 radical (unpaired) electrons. The zero-order chi connectivity index (χ0) is 17.7. The van der Waals surface area contributed by atoms with E-state index in [0.29, 0.717) is 11.5 Å². The van der Waals surface area contributed by atoms with Crippen LogP contribution in [0.1, 0.15) is 24.0 Å². The highest BCUT2D eigenvalue weighted by atomic mass is 16.5. The Morgan fingerprint density at radius 1 is 0.960 bits per heavy atom. The fourth-order valence-corrected chi connectivity index (χ4v) is 3.44. The maximum Gasteiger partial charge on any atom is 0.122 e. The van der Waals surface area contributed by atoms with Crippen molar-refractivity contribution < 1.29 is 14.6 Å². The minimum atomic E-state index is -0.814. The van der Waals surface area contributed by atoms with E-state index >= 15 is 0 Å². The van der Waals surface area contributed by atoms with Gasteiger partial charge in [-0.05, 0) is 42.5 Å². The van der Waals surface area contributed by atoms with Gasteiger partial charge in [-0.2, -0.15) is 0 Å². The predicted molar refractivity (Wildman–Crippen MR) is 99.3 cm³/mol. The lowest BCUT2D eigenvalue weighted by Crippen LogP contribution is -2.43. The third kappa shape index (κ3) is 4.33. The van der Waals surface area contributed by atoms with Gasteiger partial charge in [0.2, 0.25) is 0 Å². The lowest BCUT2D eigenvalue weighted by Gasteiger charge is -2.38. The van der Waals surface area contributed by atoms with E-state index in [9.17, 15) is 5.11 Å². The molecule has 134 valence electrons. The molecule has 2 aromatic rings. The van der Waals surface area contributed by atoms with Gasteiger partial charge in [0, 0.05) is 25.7 Å². The van der Waals surface area contributed by atoms with E-state index in [0.717, 1.165) is 44.5 Å². The normalized spacial score (nSPS) is 17.2. The van der Waals surface area contributed by atoms with Crippen molar-refractivity contribution in [2.75, 3.05) is 33.9 Å². The molecule has 0 bridgehead atoms. The molecule has 1 saturated heterocycles. The van der Waals surface area contributed by atoms with Gasteiger partial charge in [0.05, 0.1) is 19.8 Å². The molecule has 1 heterocycles. The Hall–Kier alpha value is -2.04. The molecular formula is C21H27NO3. The number of hydrogen-bond acceptors (Lipinski definition) is 4. The minimum absolute atomic E-state index is 0.717. The van der Waals surface area contributed by atoms with Crippen molar-refractivity contribution in [2.24, 2.45) is 0 Å². The van der Waals surface area contributed by atoms with Crippen LogP contribution in [0.3, 0.4) is 0 Å². The summed E-state index contributed by atoms with van der Waals surface area (Å²) in [4.78, 5) is 2.43. The van der Waals surface area contributed by atoms with Gasteiger partial charge < -0.3 is 19.5 Å². The quantitative estimate of drug-likeness (QED) is 0.876. The van der Waals surface area contributed by atoms with Crippen molar-refractivity contribution in [1.29, 1.82) is 0 Å². The Bertz CT molecular complexity index is 657. The Morgan fingerprint density at radius 2 is 1.56 bits per heavy atom. The molecule has 25 heavy (non-hydrogen) atoms. The number of rotatable bonds is 6. The minimum Gasteiger partial charge on any atom is -0.497 e. The first-order valence-electron chi connectivity index (χ1n) is 8.85. The number of aliphatic hydroxyl groups is 1. The van der Waals surface area contributed by atoms with Crippen molar-refractivity contribution in [3.05, 3.63) is 59.7 Å². The molecule has 1 N–H and O–H groups in total. The first-order chi connectivity index (χ1) is 12.1. The summed E-state index contributed by atoms with van der Waals surface area (Å²) in [5.74, 6) is 1.43. The molecular weight excluding hydrogens is 314 g/mol. The first-order valence-corrected chi connectivity index (χ1v) is 8.85. The molecule has 3 rings (SSSR count). The summed E-state index contributed by atoms with van der Waals surface area (Å²) in [6, 6.07) is 16.2. The summed E-state index contributed by atoms with van der Waals surface area (Å²) < 4.78 is 10.7. The number of nitrogens with zero attached hydrogens (tertiary/aromatic N) is 1. The van der Waals surface area contributed by atoms with E-state index in [2.05, 4.69) is 29.2 Å². The average Bonchev–Trinajstić information content (AvgIpc) is 2.68. The average molecular weight is 341 g/mol. The van der Waals surface area contributed by atoms with Gasteiger partial charge in [0.15, 0.2) is 0 Å². The molecule has 1 aliphatic heterocycles. The number of hydrogen-bond donors (Lipinski definition) is 1. The fraction of sp³-hybridized carbons (Fsp3) is 0.429. The number of likely N-dealkylation sites (tertiary alicyclic amines) is 1. The first kappa shape index (κ1) is 17.8. The van der Waals surface area contributed by atoms with Gasteiger partial charge in [-0.25, -0.2) is 0 Å². The summed E-state index contributed by atoms with van der Waals surface area (Å²) >= 11 is 0. The van der Waals surface area contributed by atoms with E-state index in [1.807, 2.05) is 24.3 Å². The Kier molecular flexibility index (Phi) is 5.61. The molecule has 0 aliphatic carbocycles. The van der Waals surface area contributed by atoms with Gasteiger partial charge in [0.25, 0.3) is 0 Å². The zero-order valence-electron chi connectivity index (χ0n) is 15.1. The summed E-state index contributed by atoms with van der Waals surface area (Å²) in [6.07, 6.45) is 2.49. The molecule has 1 aliphatic rings. The number of ether oxygens (including phenoxy) is 2. The van der Waals surface area contributed by atoms with Gasteiger partial charge in [-0.1, -0.05) is 30.3 Å². The topological polar surface area (TPSA) is 41.9 Å². The van der Waals surface area contributed by atoms with Crippen LogP contribution in [-0.4, -0.2) is 43.9 Å². The van der Waals surface area contributed by atoms with E-state index < -0.39 is 5.60 Å². The van der Waals surface area contributed by atoms with Gasteiger partial charge in [0.1, 0.15) is 11.5 Å². The van der Waals surface area contributed by atoms with Crippen LogP contribution in [0.25, 0.3) is 0 Å². The SMILES string of the molecule is COc1cc(OC)cc(C2(O)CCN(CCc3ccccc3)CC2)c1. The molecule has 4 nitrogen and oxygen atoms in total. The highest BCUT2D eigenvalue weighted by molar-refractivity contribution is 5.41. The molecule has 0 atom stereocenters. The molecule has 1 fully saturated rings. The standard InChI is InChI=1S/C21H27NO3/c1-24-19-14-18(15-20(16-19)25-2)21(23)9-12-22(13-10-21)11-8-17-6-4-3-5-7-17/h3-7,14-16,23H,8-13H2,1-2H3. The van der Waals surface area contributed by atoms with E-state index in [1.165, 1.54) is 5.56 Å². The highest BCUT2D eigenvalue weighted by Gasteiger charge is 2.34. The summed E-state index contributed by atoms with van der Waals surface area (Å²) in [5, 5.41) is 11.1. The Morgan fingerprint density at radius 3 is 2.12 bits per heavy atom. The van der Waals surface area contributed by atoms with Gasteiger partial charge >= 0.3 is 0 Å². The van der Waals surface area contributed by atoms with Crippen molar-refractivity contribution >= 4 is 0 Å². The highest BCUT2D eigenvalue weighted by Crippen LogP contribution is 2.36. The van der Waals surface area contributed by atoms with Crippen molar-refractivity contribution in [3.63, 3.8) is 0 Å². The second-order valence-electron chi connectivity index (χ2n) is 6.71. The molecule has 0 saturated carbocycles. The second-order valence-corrected chi connectivity index (χ2v) is 6.71.